The van der Waals surface area contributed by atoms with Crippen molar-refractivity contribution < 1.29 is 14.3 Å². The smallest absolute Gasteiger partial charge is 0.235 e. The van der Waals surface area contributed by atoms with Crippen LogP contribution in [0.2, 0.25) is 0 Å². The second-order valence-electron chi connectivity index (χ2n) is 3.93. The van der Waals surface area contributed by atoms with Crippen molar-refractivity contribution in [2.45, 2.75) is 18.4 Å². The van der Waals surface area contributed by atoms with E-state index in [0.29, 0.717) is 5.75 Å². The second-order valence-corrected chi connectivity index (χ2v) is 4.78. The molecular formula is C11H8BrNO3. The molecule has 1 heterocycles. The fourth-order valence-corrected chi connectivity index (χ4v) is 2.46. The fraction of sp³-hybridized carbons (Fsp3) is 0.364. The van der Waals surface area contributed by atoms with Crippen LogP contribution in [-0.2, 0) is 10.3 Å². The van der Waals surface area contributed by atoms with E-state index in [4.69, 9.17) is 9.47 Å². The summed E-state index contributed by atoms with van der Waals surface area (Å²) < 4.78 is 11.5. The first-order valence-corrected chi connectivity index (χ1v) is 5.73. The largest absolute Gasteiger partial charge is 0.454 e. The van der Waals surface area contributed by atoms with Crippen molar-refractivity contribution in [3.63, 3.8) is 0 Å². The van der Waals surface area contributed by atoms with Crippen LogP contribution >= 0.6 is 15.9 Å². The predicted octanol–water partition coefficient (Wildman–Crippen LogP) is 2.50. The Hall–Kier alpha value is -1.32. The molecular weight excluding hydrogens is 274 g/mol. The number of rotatable bonds is 2. The highest BCUT2D eigenvalue weighted by Crippen LogP contribution is 2.52. The first kappa shape index (κ1) is 9.87. The van der Waals surface area contributed by atoms with Gasteiger partial charge in [0, 0.05) is 0 Å². The minimum Gasteiger partial charge on any atom is -0.454 e. The molecule has 4 nitrogen and oxygen atoms in total. The van der Waals surface area contributed by atoms with Gasteiger partial charge in [-0.2, -0.15) is 4.99 Å². The summed E-state index contributed by atoms with van der Waals surface area (Å²) in [5.74, 6) is 1.42. The number of aliphatic imine (C=N–C) groups is 1. The summed E-state index contributed by atoms with van der Waals surface area (Å²) in [6.45, 7) is 0.237. The SMILES string of the molecule is O=C=NC1(c2cc(Br)c3c(c2)OCO3)CC1. The van der Waals surface area contributed by atoms with Gasteiger partial charge in [-0.3, -0.25) is 0 Å². The van der Waals surface area contributed by atoms with Crippen molar-refractivity contribution in [2.24, 2.45) is 4.99 Å². The van der Waals surface area contributed by atoms with E-state index in [1.165, 1.54) is 0 Å². The molecule has 1 fully saturated rings. The van der Waals surface area contributed by atoms with Gasteiger partial charge in [0.05, 0.1) is 10.0 Å². The third kappa shape index (κ3) is 1.36. The van der Waals surface area contributed by atoms with E-state index >= 15 is 0 Å². The molecule has 82 valence electrons. The van der Waals surface area contributed by atoms with Crippen LogP contribution in [0.4, 0.5) is 0 Å². The van der Waals surface area contributed by atoms with E-state index in [1.54, 1.807) is 6.08 Å². The summed E-state index contributed by atoms with van der Waals surface area (Å²) in [7, 11) is 0. The molecule has 3 rings (SSSR count). The molecule has 0 bridgehead atoms. The molecule has 1 aromatic carbocycles. The number of nitrogens with zero attached hydrogens (tertiary/aromatic N) is 1. The van der Waals surface area contributed by atoms with E-state index in [-0.39, 0.29) is 12.3 Å². The minimum atomic E-state index is -0.370. The lowest BCUT2D eigenvalue weighted by Crippen LogP contribution is -2.02. The van der Waals surface area contributed by atoms with Crippen LogP contribution in [0, 0.1) is 0 Å². The van der Waals surface area contributed by atoms with Gasteiger partial charge in [0.15, 0.2) is 11.5 Å². The molecule has 0 spiro atoms. The standard InChI is InChI=1S/C11H8BrNO3/c12-8-3-7(11(1-2-11)13-5-14)4-9-10(8)16-6-15-9/h3-4H,1-2,6H2. The highest BCUT2D eigenvalue weighted by molar-refractivity contribution is 9.10. The van der Waals surface area contributed by atoms with Crippen LogP contribution in [0.15, 0.2) is 21.6 Å². The topological polar surface area (TPSA) is 47.9 Å². The molecule has 0 N–H and O–H groups in total. The van der Waals surface area contributed by atoms with E-state index in [9.17, 15) is 4.79 Å². The molecule has 5 heteroatoms. The lowest BCUT2D eigenvalue weighted by atomic mass is 10.1. The summed E-state index contributed by atoms with van der Waals surface area (Å²) in [5.41, 5.74) is 0.609. The summed E-state index contributed by atoms with van der Waals surface area (Å²) in [5, 5.41) is 0. The first-order valence-electron chi connectivity index (χ1n) is 4.94. The molecule has 0 saturated heterocycles. The Morgan fingerprint density at radius 1 is 1.38 bits per heavy atom. The molecule has 1 saturated carbocycles. The van der Waals surface area contributed by atoms with Crippen molar-refractivity contribution in [1.82, 2.24) is 0 Å². The van der Waals surface area contributed by atoms with Crippen molar-refractivity contribution in [3.05, 3.63) is 22.2 Å². The Labute approximate surface area is 100 Å². The Bertz CT molecular complexity index is 504. The maximum absolute atomic E-state index is 10.4. The van der Waals surface area contributed by atoms with Crippen molar-refractivity contribution in [1.29, 1.82) is 0 Å². The van der Waals surface area contributed by atoms with Crippen molar-refractivity contribution in [2.75, 3.05) is 6.79 Å². The lowest BCUT2D eigenvalue weighted by molar-refractivity contribution is 0.173. The molecule has 0 unspecified atom stereocenters. The Kier molecular flexibility index (Phi) is 2.06. The molecule has 2 aliphatic rings. The van der Waals surface area contributed by atoms with Gasteiger partial charge in [-0.05, 0) is 46.5 Å². The normalized spacial score (nSPS) is 19.1. The van der Waals surface area contributed by atoms with Gasteiger partial charge in [-0.15, -0.1) is 0 Å². The van der Waals surface area contributed by atoms with Gasteiger partial charge in [0.1, 0.15) is 0 Å². The van der Waals surface area contributed by atoms with Crippen LogP contribution in [0.5, 0.6) is 11.5 Å². The number of isocyanates is 1. The molecule has 1 aliphatic carbocycles. The highest BCUT2D eigenvalue weighted by Gasteiger charge is 2.45. The van der Waals surface area contributed by atoms with Crippen molar-refractivity contribution >= 4 is 22.0 Å². The Morgan fingerprint density at radius 3 is 2.88 bits per heavy atom. The lowest BCUT2D eigenvalue weighted by Gasteiger charge is -2.10. The first-order chi connectivity index (χ1) is 7.75. The highest BCUT2D eigenvalue weighted by atomic mass is 79.9. The van der Waals surface area contributed by atoms with Gasteiger partial charge >= 0.3 is 0 Å². The maximum Gasteiger partial charge on any atom is 0.235 e. The number of carbonyl (C=O) groups excluding carboxylic acids is 1. The van der Waals surface area contributed by atoms with Gasteiger partial charge in [0.25, 0.3) is 0 Å². The van der Waals surface area contributed by atoms with E-state index < -0.39 is 0 Å². The number of halogens is 1. The third-order valence-electron chi connectivity index (χ3n) is 2.95. The Balaban J connectivity index is 2.10. The van der Waals surface area contributed by atoms with Crippen LogP contribution in [0.3, 0.4) is 0 Å². The van der Waals surface area contributed by atoms with E-state index in [2.05, 4.69) is 20.9 Å². The molecule has 1 aliphatic heterocycles. The number of hydrogen-bond donors (Lipinski definition) is 0. The fourth-order valence-electron chi connectivity index (χ4n) is 1.91. The second kappa shape index (κ2) is 3.34. The monoisotopic (exact) mass is 281 g/mol. The van der Waals surface area contributed by atoms with Gasteiger partial charge in [-0.1, -0.05) is 0 Å². The average molecular weight is 282 g/mol. The predicted molar refractivity (Wildman–Crippen MR) is 59.3 cm³/mol. The van der Waals surface area contributed by atoms with Crippen molar-refractivity contribution in [3.8, 4) is 11.5 Å². The molecule has 16 heavy (non-hydrogen) atoms. The summed E-state index contributed by atoms with van der Waals surface area (Å²) in [6.07, 6.45) is 3.41. The summed E-state index contributed by atoms with van der Waals surface area (Å²) >= 11 is 3.42. The summed E-state index contributed by atoms with van der Waals surface area (Å²) in [4.78, 5) is 14.3. The zero-order chi connectivity index (χ0) is 11.2. The molecule has 1 aromatic rings. The molecule has 0 aromatic heterocycles. The zero-order valence-corrected chi connectivity index (χ0v) is 9.91. The van der Waals surface area contributed by atoms with Crippen LogP contribution in [0.25, 0.3) is 0 Å². The average Bonchev–Trinajstić information content (AvgIpc) is 2.89. The van der Waals surface area contributed by atoms with E-state index in [1.807, 2.05) is 12.1 Å². The Morgan fingerprint density at radius 2 is 2.19 bits per heavy atom. The number of benzene rings is 1. The van der Waals surface area contributed by atoms with E-state index in [0.717, 1.165) is 28.6 Å². The number of hydrogen-bond acceptors (Lipinski definition) is 4. The number of ether oxygens (including phenoxy) is 2. The maximum atomic E-state index is 10.4. The third-order valence-corrected chi connectivity index (χ3v) is 3.54. The quantitative estimate of drug-likeness (QED) is 0.618. The zero-order valence-electron chi connectivity index (χ0n) is 8.33. The molecule has 0 atom stereocenters. The van der Waals surface area contributed by atoms with Crippen LogP contribution < -0.4 is 9.47 Å². The van der Waals surface area contributed by atoms with Gasteiger partial charge in [0.2, 0.25) is 12.9 Å². The summed E-state index contributed by atoms with van der Waals surface area (Å²) in [6, 6.07) is 3.82. The number of fused-ring (bicyclic) bond motifs is 1. The van der Waals surface area contributed by atoms with Crippen LogP contribution in [0.1, 0.15) is 18.4 Å². The molecule has 0 amide bonds. The van der Waals surface area contributed by atoms with Gasteiger partial charge in [-0.25, -0.2) is 4.79 Å². The minimum absolute atomic E-state index is 0.237. The molecule has 0 radical (unpaired) electrons. The van der Waals surface area contributed by atoms with Crippen LogP contribution in [-0.4, -0.2) is 12.9 Å². The van der Waals surface area contributed by atoms with Gasteiger partial charge < -0.3 is 9.47 Å².